The van der Waals surface area contributed by atoms with Crippen LogP contribution >= 0.6 is 0 Å². The fraction of sp³-hybridized carbons (Fsp3) is 0.318. The molecule has 1 aliphatic heterocycles. The molecule has 0 spiro atoms. The van der Waals surface area contributed by atoms with E-state index in [1.807, 2.05) is 54.6 Å². The average Bonchev–Trinajstić information content (AvgIpc) is 2.73. The van der Waals surface area contributed by atoms with Crippen molar-refractivity contribution in [1.82, 2.24) is 4.90 Å². The molecule has 0 radical (unpaired) electrons. The van der Waals surface area contributed by atoms with Crippen molar-refractivity contribution in [3.05, 3.63) is 53.6 Å². The number of rotatable bonds is 5. The van der Waals surface area contributed by atoms with Crippen LogP contribution in [-0.4, -0.2) is 38.3 Å². The fourth-order valence-electron chi connectivity index (χ4n) is 3.01. The Hall–Kier alpha value is -2.95. The molecule has 2 aromatic rings. The van der Waals surface area contributed by atoms with E-state index in [0.717, 1.165) is 48.6 Å². The zero-order valence-corrected chi connectivity index (χ0v) is 15.8. The van der Waals surface area contributed by atoms with Gasteiger partial charge in [0, 0.05) is 19.2 Å². The Kier molecular flexibility index (Phi) is 6.36. The predicted molar refractivity (Wildman–Crippen MR) is 106 cm³/mol. The van der Waals surface area contributed by atoms with Crippen molar-refractivity contribution >= 4 is 18.2 Å². The number of hydrogen-bond donors (Lipinski definition) is 0. The second-order valence-electron chi connectivity index (χ2n) is 6.46. The molecule has 1 amide bonds. The Balaban J connectivity index is 1.63. The summed E-state index contributed by atoms with van der Waals surface area (Å²) in [6.07, 6.45) is 7.00. The minimum Gasteiger partial charge on any atom is -0.497 e. The van der Waals surface area contributed by atoms with Gasteiger partial charge in [0.15, 0.2) is 0 Å². The molecule has 0 N–H and O–H groups in total. The van der Waals surface area contributed by atoms with E-state index < -0.39 is 0 Å². The predicted octanol–water partition coefficient (Wildman–Crippen LogP) is 4.86. The van der Waals surface area contributed by atoms with Gasteiger partial charge < -0.3 is 19.1 Å². The molecule has 5 nitrogen and oxygen atoms in total. The molecule has 0 unspecified atom stereocenters. The number of piperidine rings is 1. The maximum absolute atomic E-state index is 12.1. The highest BCUT2D eigenvalue weighted by atomic mass is 16.6. The molecule has 0 aliphatic carbocycles. The van der Waals surface area contributed by atoms with Crippen LogP contribution in [0.2, 0.25) is 0 Å². The molecule has 1 fully saturated rings. The van der Waals surface area contributed by atoms with Gasteiger partial charge in [0.05, 0.1) is 14.2 Å². The maximum Gasteiger partial charge on any atom is 0.415 e. The van der Waals surface area contributed by atoms with E-state index in [1.54, 1.807) is 19.1 Å². The van der Waals surface area contributed by atoms with Crippen molar-refractivity contribution in [2.24, 2.45) is 0 Å². The van der Waals surface area contributed by atoms with Crippen LogP contribution in [-0.2, 0) is 0 Å². The van der Waals surface area contributed by atoms with E-state index in [1.165, 1.54) is 6.42 Å². The van der Waals surface area contributed by atoms with Gasteiger partial charge in [-0.15, -0.1) is 0 Å². The van der Waals surface area contributed by atoms with Gasteiger partial charge in [0.1, 0.15) is 17.2 Å². The summed E-state index contributed by atoms with van der Waals surface area (Å²) < 4.78 is 16.0. The van der Waals surface area contributed by atoms with Crippen molar-refractivity contribution in [3.63, 3.8) is 0 Å². The summed E-state index contributed by atoms with van der Waals surface area (Å²) in [5.74, 6) is 2.05. The molecule has 1 heterocycles. The monoisotopic (exact) mass is 367 g/mol. The number of carbonyl (C=O) groups excluding carboxylic acids is 1. The minimum atomic E-state index is -0.263. The molecular weight excluding hydrogens is 342 g/mol. The van der Waals surface area contributed by atoms with Crippen molar-refractivity contribution in [1.29, 1.82) is 0 Å². The Morgan fingerprint density at radius 1 is 0.815 bits per heavy atom. The van der Waals surface area contributed by atoms with Crippen molar-refractivity contribution in [2.75, 3.05) is 27.3 Å². The largest absolute Gasteiger partial charge is 0.497 e. The Bertz CT molecular complexity index is 770. The van der Waals surface area contributed by atoms with Crippen LogP contribution < -0.4 is 14.2 Å². The number of benzene rings is 2. The van der Waals surface area contributed by atoms with Crippen LogP contribution in [0, 0.1) is 0 Å². The molecule has 1 aliphatic rings. The molecule has 27 heavy (non-hydrogen) atoms. The summed E-state index contributed by atoms with van der Waals surface area (Å²) in [6, 6.07) is 13.2. The highest BCUT2D eigenvalue weighted by Crippen LogP contribution is 2.24. The number of likely N-dealkylation sites (tertiary alicyclic amines) is 1. The second-order valence-corrected chi connectivity index (χ2v) is 6.46. The lowest BCUT2D eigenvalue weighted by molar-refractivity contribution is 0.142. The first-order valence-corrected chi connectivity index (χ1v) is 9.16. The number of hydrogen-bond acceptors (Lipinski definition) is 4. The molecule has 1 saturated heterocycles. The van der Waals surface area contributed by atoms with Gasteiger partial charge >= 0.3 is 6.09 Å². The van der Waals surface area contributed by atoms with E-state index in [4.69, 9.17) is 14.2 Å². The lowest BCUT2D eigenvalue weighted by Crippen LogP contribution is -2.37. The molecule has 2 aromatic carbocycles. The third-order valence-corrected chi connectivity index (χ3v) is 4.54. The molecule has 5 heteroatoms. The van der Waals surface area contributed by atoms with Crippen molar-refractivity contribution in [2.45, 2.75) is 19.3 Å². The minimum absolute atomic E-state index is 0.263. The van der Waals surface area contributed by atoms with Gasteiger partial charge in [-0.25, -0.2) is 4.79 Å². The molecule has 0 saturated carbocycles. The van der Waals surface area contributed by atoms with Crippen LogP contribution in [0.5, 0.6) is 17.2 Å². The van der Waals surface area contributed by atoms with Crippen LogP contribution in [0.15, 0.2) is 42.5 Å². The van der Waals surface area contributed by atoms with Crippen LogP contribution in [0.1, 0.15) is 30.4 Å². The highest BCUT2D eigenvalue weighted by Gasteiger charge is 2.18. The molecule has 0 atom stereocenters. The summed E-state index contributed by atoms with van der Waals surface area (Å²) in [5, 5.41) is 0. The van der Waals surface area contributed by atoms with Gasteiger partial charge in [0.2, 0.25) is 0 Å². The zero-order valence-electron chi connectivity index (χ0n) is 15.8. The van der Waals surface area contributed by atoms with Gasteiger partial charge in [-0.1, -0.05) is 24.3 Å². The van der Waals surface area contributed by atoms with E-state index >= 15 is 0 Å². The number of methoxy groups -OCH3 is 2. The van der Waals surface area contributed by atoms with Gasteiger partial charge in [0.25, 0.3) is 0 Å². The SMILES string of the molecule is COc1cc(C=Cc2ccc(OC(=O)N3CCCCC3)cc2)cc(OC)c1. The molecule has 3 rings (SSSR count). The molecule has 0 bridgehead atoms. The third-order valence-electron chi connectivity index (χ3n) is 4.54. The molecule has 0 aromatic heterocycles. The van der Waals surface area contributed by atoms with E-state index in [0.29, 0.717) is 5.75 Å². The Morgan fingerprint density at radius 3 is 2.00 bits per heavy atom. The number of ether oxygens (including phenoxy) is 3. The lowest BCUT2D eigenvalue weighted by Gasteiger charge is -2.25. The van der Waals surface area contributed by atoms with E-state index in [9.17, 15) is 4.79 Å². The fourth-order valence-corrected chi connectivity index (χ4v) is 3.01. The first kappa shape index (κ1) is 18.8. The third kappa shape index (κ3) is 5.26. The summed E-state index contributed by atoms with van der Waals surface area (Å²) in [4.78, 5) is 13.9. The van der Waals surface area contributed by atoms with Gasteiger partial charge in [-0.2, -0.15) is 0 Å². The average molecular weight is 367 g/mol. The number of amides is 1. The normalized spacial score (nSPS) is 14.2. The van der Waals surface area contributed by atoms with Crippen molar-refractivity contribution < 1.29 is 19.0 Å². The lowest BCUT2D eigenvalue weighted by atomic mass is 10.1. The second kappa shape index (κ2) is 9.12. The summed E-state index contributed by atoms with van der Waals surface area (Å²) in [7, 11) is 3.26. The smallest absolute Gasteiger partial charge is 0.415 e. The quantitative estimate of drug-likeness (QED) is 0.708. The first-order chi connectivity index (χ1) is 13.2. The molecule has 142 valence electrons. The summed E-state index contributed by atoms with van der Waals surface area (Å²) in [5.41, 5.74) is 1.99. The zero-order chi connectivity index (χ0) is 19.1. The topological polar surface area (TPSA) is 48.0 Å². The standard InChI is InChI=1S/C22H25NO4/c1-25-20-14-18(15-21(16-20)26-2)7-6-17-8-10-19(11-9-17)27-22(24)23-12-4-3-5-13-23/h6-11,14-16H,3-5,12-13H2,1-2H3. The Labute approximate surface area is 160 Å². The van der Waals surface area contributed by atoms with Crippen LogP contribution in [0.4, 0.5) is 4.79 Å². The van der Waals surface area contributed by atoms with E-state index in [2.05, 4.69) is 0 Å². The summed E-state index contributed by atoms with van der Waals surface area (Å²) >= 11 is 0. The highest BCUT2D eigenvalue weighted by molar-refractivity contribution is 5.73. The van der Waals surface area contributed by atoms with Crippen LogP contribution in [0.3, 0.4) is 0 Å². The van der Waals surface area contributed by atoms with E-state index in [-0.39, 0.29) is 6.09 Å². The van der Waals surface area contributed by atoms with Gasteiger partial charge in [-0.3, -0.25) is 0 Å². The number of carbonyl (C=O) groups is 1. The van der Waals surface area contributed by atoms with Crippen molar-refractivity contribution in [3.8, 4) is 17.2 Å². The number of nitrogens with zero attached hydrogens (tertiary/aromatic N) is 1. The summed E-state index contributed by atoms with van der Waals surface area (Å²) in [6.45, 7) is 1.56. The Morgan fingerprint density at radius 2 is 1.41 bits per heavy atom. The molecular formula is C22H25NO4. The van der Waals surface area contributed by atoms with Gasteiger partial charge in [-0.05, 0) is 54.7 Å². The first-order valence-electron chi connectivity index (χ1n) is 9.16. The van der Waals surface area contributed by atoms with Crippen LogP contribution in [0.25, 0.3) is 12.2 Å². The maximum atomic E-state index is 12.1.